The normalized spacial score (nSPS) is 19.7. The molecular formula is C10H12BrNO5S2. The van der Waals surface area contributed by atoms with Crippen molar-refractivity contribution in [3.63, 3.8) is 0 Å². The number of sulfonamides is 1. The van der Waals surface area contributed by atoms with Gasteiger partial charge in [-0.05, 0) is 34.5 Å². The highest BCUT2D eigenvalue weighted by Gasteiger charge is 2.26. The first-order valence-corrected chi connectivity index (χ1v) is 8.86. The van der Waals surface area contributed by atoms with Crippen LogP contribution in [0.25, 0.3) is 0 Å². The van der Waals surface area contributed by atoms with Crippen LogP contribution in [-0.4, -0.2) is 37.0 Å². The second-order valence-electron chi connectivity index (χ2n) is 4.04. The topological polar surface area (TPSA) is 96.6 Å². The van der Waals surface area contributed by atoms with Crippen LogP contribution in [0.5, 0.6) is 0 Å². The summed E-state index contributed by atoms with van der Waals surface area (Å²) in [4.78, 5) is 10.5. The number of aromatic carboxylic acids is 1. The van der Waals surface area contributed by atoms with E-state index in [1.807, 2.05) is 0 Å². The van der Waals surface area contributed by atoms with Gasteiger partial charge < -0.3 is 9.52 Å². The molecule has 0 spiro atoms. The Bertz CT molecular complexity index is 577. The van der Waals surface area contributed by atoms with Crippen molar-refractivity contribution in [1.82, 2.24) is 4.72 Å². The minimum atomic E-state index is -3.76. The van der Waals surface area contributed by atoms with Crippen molar-refractivity contribution in [3.8, 4) is 0 Å². The van der Waals surface area contributed by atoms with E-state index in [4.69, 9.17) is 9.52 Å². The lowest BCUT2D eigenvalue weighted by Crippen LogP contribution is -2.29. The van der Waals surface area contributed by atoms with Crippen molar-refractivity contribution >= 4 is 43.7 Å². The third kappa shape index (κ3) is 3.53. The molecule has 0 amide bonds. The van der Waals surface area contributed by atoms with Gasteiger partial charge in [0, 0.05) is 17.9 Å². The minimum Gasteiger partial charge on any atom is -0.475 e. The molecule has 1 saturated heterocycles. The lowest BCUT2D eigenvalue weighted by Gasteiger charge is -2.09. The van der Waals surface area contributed by atoms with Crippen LogP contribution in [0, 0.1) is 0 Å². The molecule has 6 nitrogen and oxygen atoms in total. The van der Waals surface area contributed by atoms with Gasteiger partial charge in [0.1, 0.15) is 4.90 Å². The van der Waals surface area contributed by atoms with Crippen LogP contribution >= 0.6 is 27.7 Å². The zero-order chi connectivity index (χ0) is 14.0. The van der Waals surface area contributed by atoms with Gasteiger partial charge in [-0.2, -0.15) is 11.8 Å². The summed E-state index contributed by atoms with van der Waals surface area (Å²) in [6, 6.07) is 0.997. The second kappa shape index (κ2) is 5.86. The molecule has 0 saturated carbocycles. The first-order chi connectivity index (χ1) is 8.90. The van der Waals surface area contributed by atoms with Gasteiger partial charge in [0.25, 0.3) is 0 Å². The molecule has 0 aromatic carbocycles. The Morgan fingerprint density at radius 1 is 1.63 bits per heavy atom. The fourth-order valence-corrected chi connectivity index (χ4v) is 5.05. The average molecular weight is 370 g/mol. The van der Waals surface area contributed by atoms with Gasteiger partial charge in [0.15, 0.2) is 4.67 Å². The summed E-state index contributed by atoms with van der Waals surface area (Å²) in [7, 11) is -3.76. The number of thioether (sulfide) groups is 1. The van der Waals surface area contributed by atoms with Crippen molar-refractivity contribution in [1.29, 1.82) is 0 Å². The Balaban J connectivity index is 2.12. The van der Waals surface area contributed by atoms with Crippen molar-refractivity contribution in [3.05, 3.63) is 16.5 Å². The summed E-state index contributed by atoms with van der Waals surface area (Å²) in [6.07, 6.45) is 2.08. The predicted molar refractivity (Wildman–Crippen MR) is 74.0 cm³/mol. The van der Waals surface area contributed by atoms with Crippen molar-refractivity contribution in [2.75, 3.05) is 12.3 Å². The van der Waals surface area contributed by atoms with Crippen molar-refractivity contribution in [2.24, 2.45) is 0 Å². The van der Waals surface area contributed by atoms with Crippen LogP contribution in [0.3, 0.4) is 0 Å². The number of nitrogens with one attached hydrogen (secondary N) is 1. The molecule has 1 aliphatic heterocycles. The van der Waals surface area contributed by atoms with E-state index in [-0.39, 0.29) is 14.8 Å². The Hall–Kier alpha value is -0.510. The molecular weight excluding hydrogens is 358 g/mol. The van der Waals surface area contributed by atoms with E-state index < -0.39 is 21.8 Å². The van der Waals surface area contributed by atoms with Gasteiger partial charge >= 0.3 is 5.97 Å². The predicted octanol–water partition coefficient (Wildman–Crippen LogP) is 1.91. The summed E-state index contributed by atoms with van der Waals surface area (Å²) in [6.45, 7) is 0.340. The van der Waals surface area contributed by atoms with Crippen LogP contribution in [0.1, 0.15) is 23.4 Å². The standard InChI is InChI=1S/C10H12BrNO5S2/c11-9-8(4-7(17-9)10(13)14)19(15,16)12-5-6-2-1-3-18-6/h4,6,12H,1-3,5H2,(H,13,14). The van der Waals surface area contributed by atoms with Crippen LogP contribution < -0.4 is 4.72 Å². The number of rotatable bonds is 5. The van der Waals surface area contributed by atoms with Gasteiger partial charge in [0.05, 0.1) is 0 Å². The third-order valence-electron chi connectivity index (χ3n) is 2.68. The number of carbonyl (C=O) groups is 1. The molecule has 2 rings (SSSR count). The molecule has 0 radical (unpaired) electrons. The molecule has 106 valence electrons. The first kappa shape index (κ1) is 14.9. The largest absolute Gasteiger partial charge is 0.475 e. The van der Waals surface area contributed by atoms with E-state index in [1.165, 1.54) is 0 Å². The first-order valence-electron chi connectivity index (χ1n) is 5.54. The van der Waals surface area contributed by atoms with Gasteiger partial charge in [-0.25, -0.2) is 17.9 Å². The molecule has 0 bridgehead atoms. The Morgan fingerprint density at radius 3 is 2.89 bits per heavy atom. The fourth-order valence-electron chi connectivity index (χ4n) is 1.73. The molecule has 1 aromatic heterocycles. The van der Waals surface area contributed by atoms with Gasteiger partial charge in [-0.1, -0.05) is 0 Å². The lowest BCUT2D eigenvalue weighted by molar-refractivity contribution is 0.0661. The Labute approximate surface area is 123 Å². The van der Waals surface area contributed by atoms with E-state index >= 15 is 0 Å². The summed E-state index contributed by atoms with van der Waals surface area (Å²) in [5.74, 6) is -0.679. The molecule has 2 N–H and O–H groups in total. The molecule has 1 unspecified atom stereocenters. The van der Waals surface area contributed by atoms with E-state index in [0.717, 1.165) is 24.7 Å². The van der Waals surface area contributed by atoms with Crippen LogP contribution in [-0.2, 0) is 10.0 Å². The molecule has 19 heavy (non-hydrogen) atoms. The van der Waals surface area contributed by atoms with Gasteiger partial charge in [-0.15, -0.1) is 0 Å². The monoisotopic (exact) mass is 369 g/mol. The zero-order valence-corrected chi connectivity index (χ0v) is 13.0. The summed E-state index contributed by atoms with van der Waals surface area (Å²) < 4.78 is 31.3. The zero-order valence-electron chi connectivity index (χ0n) is 9.76. The number of hydrogen-bond donors (Lipinski definition) is 2. The molecule has 0 aliphatic carbocycles. The Kier molecular flexibility index (Phi) is 4.59. The quantitative estimate of drug-likeness (QED) is 0.822. The minimum absolute atomic E-state index is 0.100. The smallest absolute Gasteiger partial charge is 0.371 e. The summed E-state index contributed by atoms with van der Waals surface area (Å²) in [5, 5.41) is 9.03. The van der Waals surface area contributed by atoms with E-state index in [9.17, 15) is 13.2 Å². The van der Waals surface area contributed by atoms with E-state index in [1.54, 1.807) is 11.8 Å². The van der Waals surface area contributed by atoms with Gasteiger partial charge in [0.2, 0.25) is 15.8 Å². The maximum absolute atomic E-state index is 12.0. The Morgan fingerprint density at radius 2 is 2.37 bits per heavy atom. The highest BCUT2D eigenvalue weighted by Crippen LogP contribution is 2.28. The number of carboxylic acid groups (broad SMARTS) is 1. The lowest BCUT2D eigenvalue weighted by atomic mass is 10.2. The number of hydrogen-bond acceptors (Lipinski definition) is 5. The molecule has 2 heterocycles. The average Bonchev–Trinajstić information content (AvgIpc) is 2.95. The summed E-state index contributed by atoms with van der Waals surface area (Å²) >= 11 is 4.66. The van der Waals surface area contributed by atoms with Crippen molar-refractivity contribution in [2.45, 2.75) is 23.0 Å². The highest BCUT2D eigenvalue weighted by molar-refractivity contribution is 9.10. The number of furan rings is 1. The van der Waals surface area contributed by atoms with E-state index in [0.29, 0.717) is 6.54 Å². The maximum Gasteiger partial charge on any atom is 0.371 e. The number of halogens is 1. The number of carboxylic acids is 1. The highest BCUT2D eigenvalue weighted by atomic mass is 79.9. The van der Waals surface area contributed by atoms with Crippen molar-refractivity contribution < 1.29 is 22.7 Å². The molecule has 1 fully saturated rings. The molecule has 1 aliphatic rings. The molecule has 1 aromatic rings. The van der Waals surface area contributed by atoms with E-state index in [2.05, 4.69) is 20.7 Å². The summed E-state index contributed by atoms with van der Waals surface area (Å²) in [5.41, 5.74) is 0. The van der Waals surface area contributed by atoms with Gasteiger partial charge in [-0.3, -0.25) is 0 Å². The molecule has 9 heteroatoms. The van der Waals surface area contributed by atoms with Crippen LogP contribution in [0.2, 0.25) is 0 Å². The van der Waals surface area contributed by atoms with Crippen LogP contribution in [0.4, 0.5) is 0 Å². The maximum atomic E-state index is 12.0. The second-order valence-corrected chi connectivity index (χ2v) is 7.90. The fraction of sp³-hybridized carbons (Fsp3) is 0.500. The third-order valence-corrected chi connectivity index (χ3v) is 6.36. The van der Waals surface area contributed by atoms with Crippen LogP contribution in [0.15, 0.2) is 20.0 Å². The molecule has 1 atom stereocenters. The SMILES string of the molecule is O=C(O)c1cc(S(=O)(=O)NCC2CCCS2)c(Br)o1.